The van der Waals surface area contributed by atoms with Crippen LogP contribution in [0.2, 0.25) is 10.0 Å². The van der Waals surface area contributed by atoms with Gasteiger partial charge in [0, 0.05) is 16.0 Å². The maximum absolute atomic E-state index is 13.8. The van der Waals surface area contributed by atoms with Gasteiger partial charge in [0.05, 0.1) is 6.61 Å². The predicted molar refractivity (Wildman–Crippen MR) is 76.4 cm³/mol. The van der Waals surface area contributed by atoms with Crippen molar-refractivity contribution in [1.82, 2.24) is 0 Å². The van der Waals surface area contributed by atoms with E-state index in [1.807, 2.05) is 18.2 Å². The van der Waals surface area contributed by atoms with Gasteiger partial charge in [0.2, 0.25) is 0 Å². The van der Waals surface area contributed by atoms with E-state index in [2.05, 4.69) is 0 Å². The summed E-state index contributed by atoms with van der Waals surface area (Å²) in [6.45, 7) is -0.0915. The second-order valence-electron chi connectivity index (χ2n) is 4.34. The molecular weight excluding hydrogens is 286 g/mol. The summed E-state index contributed by atoms with van der Waals surface area (Å²) in [4.78, 5) is 0. The van der Waals surface area contributed by atoms with Gasteiger partial charge >= 0.3 is 0 Å². The Kier molecular flexibility index (Phi) is 4.81. The molecule has 19 heavy (non-hydrogen) atoms. The third-order valence-electron chi connectivity index (χ3n) is 3.05. The molecule has 0 amide bonds. The molecule has 4 heteroatoms. The van der Waals surface area contributed by atoms with Crippen LogP contribution >= 0.6 is 23.2 Å². The van der Waals surface area contributed by atoms with Gasteiger partial charge in [-0.2, -0.15) is 0 Å². The van der Waals surface area contributed by atoms with Crippen LogP contribution in [-0.4, -0.2) is 11.7 Å². The van der Waals surface area contributed by atoms with E-state index in [-0.39, 0.29) is 18.3 Å². The lowest BCUT2D eigenvalue weighted by atomic mass is 9.92. The molecule has 1 unspecified atom stereocenters. The lowest BCUT2D eigenvalue weighted by molar-refractivity contribution is 0.264. The molecular formula is C15H13Cl2FO. The molecule has 0 aromatic heterocycles. The van der Waals surface area contributed by atoms with Crippen molar-refractivity contribution in [3.05, 3.63) is 69.5 Å². The first kappa shape index (κ1) is 14.3. The Labute approximate surface area is 121 Å². The van der Waals surface area contributed by atoms with Crippen LogP contribution in [0.15, 0.2) is 42.5 Å². The highest BCUT2D eigenvalue weighted by atomic mass is 35.5. The average molecular weight is 299 g/mol. The molecule has 0 aliphatic rings. The Morgan fingerprint density at radius 2 is 1.84 bits per heavy atom. The standard InChI is InChI=1S/C15H13Cl2FO/c16-12-6-5-10(15(18)8-12)7-11(9-19)13-3-1-2-4-14(13)17/h1-6,8,11,19H,7,9H2. The van der Waals surface area contributed by atoms with E-state index in [0.717, 1.165) is 5.56 Å². The highest BCUT2D eigenvalue weighted by molar-refractivity contribution is 6.31. The quantitative estimate of drug-likeness (QED) is 0.884. The van der Waals surface area contributed by atoms with Gasteiger partial charge < -0.3 is 5.11 Å². The Balaban J connectivity index is 2.27. The first-order valence-electron chi connectivity index (χ1n) is 5.91. The minimum absolute atomic E-state index is 0.0915. The molecule has 2 rings (SSSR count). The lowest BCUT2D eigenvalue weighted by Gasteiger charge is -2.16. The van der Waals surface area contributed by atoms with Gasteiger partial charge in [0.15, 0.2) is 0 Å². The predicted octanol–water partition coefficient (Wildman–Crippen LogP) is 4.45. The lowest BCUT2D eigenvalue weighted by Crippen LogP contribution is -2.09. The molecule has 0 saturated carbocycles. The Morgan fingerprint density at radius 1 is 1.11 bits per heavy atom. The Hall–Kier alpha value is -1.09. The van der Waals surface area contributed by atoms with Gasteiger partial charge in [-0.1, -0.05) is 47.5 Å². The zero-order valence-electron chi connectivity index (χ0n) is 10.1. The maximum Gasteiger partial charge on any atom is 0.127 e. The van der Waals surface area contributed by atoms with Crippen molar-refractivity contribution in [2.75, 3.05) is 6.61 Å². The van der Waals surface area contributed by atoms with Crippen molar-refractivity contribution in [3.63, 3.8) is 0 Å². The van der Waals surface area contributed by atoms with Crippen molar-refractivity contribution < 1.29 is 9.50 Å². The van der Waals surface area contributed by atoms with Crippen LogP contribution in [0.25, 0.3) is 0 Å². The third-order valence-corrected chi connectivity index (χ3v) is 3.63. The van der Waals surface area contributed by atoms with Crippen molar-refractivity contribution in [1.29, 1.82) is 0 Å². The van der Waals surface area contributed by atoms with E-state index in [1.54, 1.807) is 18.2 Å². The summed E-state index contributed by atoms with van der Waals surface area (Å²) in [5.41, 5.74) is 1.34. The molecule has 0 aliphatic carbocycles. The smallest absolute Gasteiger partial charge is 0.127 e. The fraction of sp³-hybridized carbons (Fsp3) is 0.200. The molecule has 0 saturated heterocycles. The largest absolute Gasteiger partial charge is 0.396 e. The van der Waals surface area contributed by atoms with Gasteiger partial charge in [0.1, 0.15) is 5.82 Å². The summed E-state index contributed by atoms with van der Waals surface area (Å²) in [5.74, 6) is -0.595. The number of hydrogen-bond acceptors (Lipinski definition) is 1. The summed E-state index contributed by atoms with van der Waals surface area (Å²) in [5, 5.41) is 10.4. The molecule has 2 aromatic rings. The molecule has 1 nitrogen and oxygen atoms in total. The van der Waals surface area contributed by atoms with Gasteiger partial charge in [0.25, 0.3) is 0 Å². The fourth-order valence-electron chi connectivity index (χ4n) is 2.03. The minimum atomic E-state index is -0.363. The molecule has 0 bridgehead atoms. The number of rotatable bonds is 4. The highest BCUT2D eigenvalue weighted by Gasteiger charge is 2.16. The summed E-state index contributed by atoms with van der Waals surface area (Å²) < 4.78 is 13.8. The topological polar surface area (TPSA) is 20.2 Å². The van der Waals surface area contributed by atoms with Crippen molar-refractivity contribution in [2.24, 2.45) is 0 Å². The van der Waals surface area contributed by atoms with Gasteiger partial charge in [-0.25, -0.2) is 4.39 Å². The summed E-state index contributed by atoms with van der Waals surface area (Å²) in [6, 6.07) is 11.8. The number of halogens is 3. The third kappa shape index (κ3) is 3.47. The summed E-state index contributed by atoms with van der Waals surface area (Å²) in [7, 11) is 0. The first-order chi connectivity index (χ1) is 9.11. The Morgan fingerprint density at radius 3 is 2.47 bits per heavy atom. The zero-order chi connectivity index (χ0) is 13.8. The van der Waals surface area contributed by atoms with Crippen LogP contribution in [0.4, 0.5) is 4.39 Å². The second kappa shape index (κ2) is 6.38. The number of benzene rings is 2. The molecule has 100 valence electrons. The van der Waals surface area contributed by atoms with E-state index in [4.69, 9.17) is 23.2 Å². The van der Waals surface area contributed by atoms with Crippen LogP contribution in [0.1, 0.15) is 17.0 Å². The van der Waals surface area contributed by atoms with Gasteiger partial charge in [-0.3, -0.25) is 0 Å². The molecule has 0 spiro atoms. The number of hydrogen-bond donors (Lipinski definition) is 1. The normalized spacial score (nSPS) is 12.4. The maximum atomic E-state index is 13.8. The number of aliphatic hydroxyl groups is 1. The summed E-state index contributed by atoms with van der Waals surface area (Å²) >= 11 is 11.8. The van der Waals surface area contributed by atoms with Crippen LogP contribution in [0.3, 0.4) is 0 Å². The monoisotopic (exact) mass is 298 g/mol. The van der Waals surface area contributed by atoms with Crippen LogP contribution < -0.4 is 0 Å². The Bertz CT molecular complexity index is 572. The molecule has 0 fully saturated rings. The molecule has 1 N–H and O–H groups in total. The molecule has 2 aromatic carbocycles. The van der Waals surface area contributed by atoms with Crippen LogP contribution in [-0.2, 0) is 6.42 Å². The first-order valence-corrected chi connectivity index (χ1v) is 6.66. The number of aliphatic hydroxyl groups excluding tert-OH is 1. The molecule has 1 atom stereocenters. The summed E-state index contributed by atoms with van der Waals surface area (Å²) in [6.07, 6.45) is 0.378. The van der Waals surface area contributed by atoms with Crippen molar-refractivity contribution in [2.45, 2.75) is 12.3 Å². The molecule has 0 aliphatic heterocycles. The zero-order valence-corrected chi connectivity index (χ0v) is 11.6. The van der Waals surface area contributed by atoms with E-state index >= 15 is 0 Å². The van der Waals surface area contributed by atoms with Gasteiger partial charge in [-0.05, 0) is 35.7 Å². The van der Waals surface area contributed by atoms with Crippen molar-refractivity contribution in [3.8, 4) is 0 Å². The molecule has 0 radical (unpaired) electrons. The van der Waals surface area contributed by atoms with E-state index in [9.17, 15) is 9.50 Å². The van der Waals surface area contributed by atoms with Gasteiger partial charge in [-0.15, -0.1) is 0 Å². The fourth-order valence-corrected chi connectivity index (χ4v) is 2.48. The second-order valence-corrected chi connectivity index (χ2v) is 5.18. The molecule has 0 heterocycles. The average Bonchev–Trinajstić information content (AvgIpc) is 2.39. The van der Waals surface area contributed by atoms with Crippen LogP contribution in [0, 0.1) is 5.82 Å². The van der Waals surface area contributed by atoms with E-state index in [1.165, 1.54) is 6.07 Å². The van der Waals surface area contributed by atoms with Crippen molar-refractivity contribution >= 4 is 23.2 Å². The highest BCUT2D eigenvalue weighted by Crippen LogP contribution is 2.28. The van der Waals surface area contributed by atoms with E-state index in [0.29, 0.717) is 22.0 Å². The minimum Gasteiger partial charge on any atom is -0.396 e. The van der Waals surface area contributed by atoms with Crippen LogP contribution in [0.5, 0.6) is 0 Å². The SMILES string of the molecule is OCC(Cc1ccc(Cl)cc1F)c1ccccc1Cl. The van der Waals surface area contributed by atoms with E-state index < -0.39 is 0 Å².